The van der Waals surface area contributed by atoms with E-state index in [9.17, 15) is 0 Å². The summed E-state index contributed by atoms with van der Waals surface area (Å²) in [5, 5.41) is 10.4. The number of aromatic nitrogens is 5. The van der Waals surface area contributed by atoms with Gasteiger partial charge in [0.05, 0.1) is 0 Å². The minimum atomic E-state index is 0.268. The van der Waals surface area contributed by atoms with Crippen LogP contribution < -0.4 is 15.8 Å². The number of H-pyrrole nitrogens is 2. The largest absolute Gasteiger partial charge is 0.439 e. The molecule has 2 heterocycles. The van der Waals surface area contributed by atoms with Gasteiger partial charge in [-0.1, -0.05) is 12.1 Å². The van der Waals surface area contributed by atoms with Crippen LogP contribution in [0.25, 0.3) is 11.4 Å². The number of anilines is 3. The molecule has 0 unspecified atom stereocenters. The van der Waals surface area contributed by atoms with E-state index in [1.54, 1.807) is 6.07 Å². The summed E-state index contributed by atoms with van der Waals surface area (Å²) in [4.78, 5) is 11.4. The van der Waals surface area contributed by atoms with Crippen LogP contribution in [0.2, 0.25) is 0 Å². The normalized spacial score (nSPS) is 10.7. The number of nitrogen functional groups attached to an aromatic ring is 1. The van der Waals surface area contributed by atoms with E-state index in [-0.39, 0.29) is 4.77 Å². The van der Waals surface area contributed by atoms with Gasteiger partial charge < -0.3 is 20.8 Å². The van der Waals surface area contributed by atoms with Crippen molar-refractivity contribution in [2.45, 2.75) is 13.8 Å². The number of hydrogen-bond acceptors (Lipinski definition) is 7. The Labute approximate surface area is 172 Å². The Morgan fingerprint density at radius 1 is 1.07 bits per heavy atom. The third-order valence-corrected chi connectivity index (χ3v) is 4.36. The van der Waals surface area contributed by atoms with Crippen molar-refractivity contribution < 1.29 is 4.74 Å². The van der Waals surface area contributed by atoms with E-state index in [0.29, 0.717) is 29.2 Å². The number of nitrogens with zero attached hydrogens (tertiary/aromatic N) is 3. The van der Waals surface area contributed by atoms with Crippen molar-refractivity contribution in [1.29, 1.82) is 0 Å². The second-order valence-corrected chi connectivity index (χ2v) is 6.95. The Kier molecular flexibility index (Phi) is 4.96. The third-order valence-electron chi connectivity index (χ3n) is 4.16. The van der Waals surface area contributed by atoms with Crippen molar-refractivity contribution in [1.82, 2.24) is 25.1 Å². The van der Waals surface area contributed by atoms with Gasteiger partial charge in [-0.15, -0.1) is 5.10 Å². The lowest BCUT2D eigenvalue weighted by molar-refractivity contribution is 0.458. The highest BCUT2D eigenvalue weighted by atomic mass is 32.1. The molecule has 5 N–H and O–H groups in total. The molecule has 0 amide bonds. The number of benzene rings is 2. The molecular formula is C20H19N7OS. The number of ether oxygens (including phenoxy) is 1. The number of aryl methyl sites for hydroxylation is 2. The lowest BCUT2D eigenvalue weighted by atomic mass is 10.1. The highest BCUT2D eigenvalue weighted by Crippen LogP contribution is 2.28. The molecule has 9 heteroatoms. The van der Waals surface area contributed by atoms with Gasteiger partial charge >= 0.3 is 0 Å². The quantitative estimate of drug-likeness (QED) is 0.357. The van der Waals surface area contributed by atoms with Crippen LogP contribution in [0.5, 0.6) is 11.6 Å². The Bertz CT molecular complexity index is 1230. The van der Waals surface area contributed by atoms with Crippen molar-refractivity contribution >= 4 is 29.7 Å². The molecule has 0 aliphatic carbocycles. The first kappa shape index (κ1) is 18.6. The molecular weight excluding hydrogens is 386 g/mol. The second kappa shape index (κ2) is 7.72. The maximum absolute atomic E-state index is 5.82. The van der Waals surface area contributed by atoms with Crippen LogP contribution >= 0.6 is 12.2 Å². The van der Waals surface area contributed by atoms with E-state index in [0.717, 1.165) is 22.4 Å². The number of rotatable bonds is 5. The zero-order valence-electron chi connectivity index (χ0n) is 15.9. The fourth-order valence-electron chi connectivity index (χ4n) is 2.83. The summed E-state index contributed by atoms with van der Waals surface area (Å²) in [6.07, 6.45) is 0. The van der Waals surface area contributed by atoms with Crippen LogP contribution in [0.4, 0.5) is 17.5 Å². The monoisotopic (exact) mass is 405 g/mol. The molecule has 0 bridgehead atoms. The summed E-state index contributed by atoms with van der Waals surface area (Å²) in [6.45, 7) is 3.97. The van der Waals surface area contributed by atoms with E-state index in [1.165, 1.54) is 0 Å². The Hall–Kier alpha value is -3.72. The number of nitrogens with one attached hydrogen (secondary N) is 3. The molecule has 0 spiro atoms. The highest BCUT2D eigenvalue weighted by molar-refractivity contribution is 7.71. The maximum atomic E-state index is 5.82. The van der Waals surface area contributed by atoms with Gasteiger partial charge in [-0.2, -0.15) is 9.97 Å². The smallest absolute Gasteiger partial charge is 0.246 e. The molecule has 0 atom stereocenters. The molecule has 2 aromatic heterocycles. The van der Waals surface area contributed by atoms with Crippen LogP contribution in [-0.4, -0.2) is 25.1 Å². The summed E-state index contributed by atoms with van der Waals surface area (Å²) in [5.74, 6) is 2.54. The molecule has 4 rings (SSSR count). The Morgan fingerprint density at radius 3 is 2.69 bits per heavy atom. The molecule has 0 aliphatic heterocycles. The van der Waals surface area contributed by atoms with Crippen LogP contribution in [0.3, 0.4) is 0 Å². The summed E-state index contributed by atoms with van der Waals surface area (Å²) in [7, 11) is 0. The van der Waals surface area contributed by atoms with E-state index >= 15 is 0 Å². The molecule has 0 radical (unpaired) electrons. The molecule has 8 nitrogen and oxygen atoms in total. The summed E-state index contributed by atoms with van der Waals surface area (Å²) in [5.41, 5.74) is 9.64. The first-order chi connectivity index (χ1) is 14.0. The van der Waals surface area contributed by atoms with Crippen LogP contribution in [-0.2, 0) is 0 Å². The lowest BCUT2D eigenvalue weighted by Crippen LogP contribution is -1.96. The minimum Gasteiger partial charge on any atom is -0.439 e. The van der Waals surface area contributed by atoms with Gasteiger partial charge in [0.15, 0.2) is 5.82 Å². The average molecular weight is 405 g/mol. The second-order valence-electron chi connectivity index (χ2n) is 6.56. The van der Waals surface area contributed by atoms with Gasteiger partial charge in [-0.25, -0.2) is 0 Å². The third kappa shape index (κ3) is 4.41. The topological polar surface area (TPSA) is 118 Å². The lowest BCUT2D eigenvalue weighted by Gasteiger charge is -2.09. The molecule has 29 heavy (non-hydrogen) atoms. The van der Waals surface area contributed by atoms with Crippen molar-refractivity contribution in [2.24, 2.45) is 0 Å². The summed E-state index contributed by atoms with van der Waals surface area (Å²) >= 11 is 5.03. The van der Waals surface area contributed by atoms with Gasteiger partial charge in [0.1, 0.15) is 11.6 Å². The van der Waals surface area contributed by atoms with Crippen molar-refractivity contribution in [3.63, 3.8) is 0 Å². The van der Waals surface area contributed by atoms with Crippen LogP contribution in [0, 0.1) is 18.6 Å². The predicted molar refractivity (Wildman–Crippen MR) is 115 cm³/mol. The Balaban J connectivity index is 1.53. The summed E-state index contributed by atoms with van der Waals surface area (Å²) < 4.78 is 6.09. The fourth-order valence-corrected chi connectivity index (χ4v) is 3.04. The van der Waals surface area contributed by atoms with Crippen molar-refractivity contribution in [3.8, 4) is 23.0 Å². The molecule has 2 aromatic carbocycles. The van der Waals surface area contributed by atoms with Gasteiger partial charge in [0, 0.05) is 17.3 Å². The van der Waals surface area contributed by atoms with E-state index in [2.05, 4.69) is 30.5 Å². The van der Waals surface area contributed by atoms with Crippen molar-refractivity contribution in [2.75, 3.05) is 11.1 Å². The average Bonchev–Trinajstić information content (AvgIpc) is 3.11. The number of aromatic amines is 2. The molecule has 0 fully saturated rings. The number of nitrogens with two attached hydrogens (primary N) is 1. The standard InChI is InChI=1S/C20H19N7OS/c1-11-4-3-5-14(8-11)22-19-25-18(26-27-19)13-6-7-15(12(2)9-13)28-17-10-16(21)23-20(29)24-17/h3-10H,1-2H3,(H3,21,23,24,29)(H2,22,25,26,27). The molecule has 0 saturated heterocycles. The maximum Gasteiger partial charge on any atom is 0.246 e. The van der Waals surface area contributed by atoms with E-state index in [4.69, 9.17) is 22.7 Å². The van der Waals surface area contributed by atoms with Gasteiger partial charge in [-0.3, -0.25) is 5.10 Å². The van der Waals surface area contributed by atoms with Crippen molar-refractivity contribution in [3.05, 3.63) is 64.4 Å². The van der Waals surface area contributed by atoms with Crippen LogP contribution in [0.1, 0.15) is 11.1 Å². The van der Waals surface area contributed by atoms with Gasteiger partial charge in [0.2, 0.25) is 16.6 Å². The first-order valence-electron chi connectivity index (χ1n) is 8.88. The van der Waals surface area contributed by atoms with Gasteiger partial charge in [0.25, 0.3) is 0 Å². The van der Waals surface area contributed by atoms with E-state index in [1.807, 2.05) is 56.3 Å². The minimum absolute atomic E-state index is 0.268. The van der Waals surface area contributed by atoms with Gasteiger partial charge in [-0.05, 0) is 67.5 Å². The predicted octanol–water partition coefficient (Wildman–Crippen LogP) is 4.66. The Morgan fingerprint density at radius 2 is 1.93 bits per heavy atom. The SMILES string of the molecule is Cc1cccc(Nc2n[nH]c(-c3ccc(Oc4cc(N)[nH]c(=S)n4)c(C)c3)n2)c1. The molecule has 0 aliphatic rings. The zero-order chi connectivity index (χ0) is 20.4. The van der Waals surface area contributed by atoms with E-state index < -0.39 is 0 Å². The summed E-state index contributed by atoms with van der Waals surface area (Å²) in [6, 6.07) is 15.3. The first-order valence-corrected chi connectivity index (χ1v) is 9.29. The van der Waals surface area contributed by atoms with Crippen LogP contribution in [0.15, 0.2) is 48.5 Å². The molecule has 0 saturated carbocycles. The molecule has 146 valence electrons. The zero-order valence-corrected chi connectivity index (χ0v) is 16.7. The fraction of sp³-hybridized carbons (Fsp3) is 0.100. The highest BCUT2D eigenvalue weighted by Gasteiger charge is 2.10. The number of hydrogen-bond donors (Lipinski definition) is 4. The molecule has 4 aromatic rings.